The molecule has 0 aromatic heterocycles. The van der Waals surface area contributed by atoms with Crippen molar-refractivity contribution < 1.29 is 82.8 Å². The predicted molar refractivity (Wildman–Crippen MR) is 91.0 cm³/mol. The minimum Gasteiger partial charge on any atom is -0.542 e. The fourth-order valence-electron chi connectivity index (χ4n) is 2.30. The molecule has 3 rings (SSSR count). The van der Waals surface area contributed by atoms with Crippen LogP contribution in [-0.4, -0.2) is 5.44 Å². The molecule has 1 heterocycles. The van der Waals surface area contributed by atoms with E-state index >= 15 is 0 Å². The Labute approximate surface area is 210 Å². The van der Waals surface area contributed by atoms with Gasteiger partial charge in [0.25, 0.3) is 0 Å². The third-order valence-electron chi connectivity index (χ3n) is 3.46. The molecule has 2 aromatic rings. The van der Waals surface area contributed by atoms with Gasteiger partial charge >= 0.3 is 68.9 Å². The van der Waals surface area contributed by atoms with Gasteiger partial charge in [0.1, 0.15) is 18.2 Å². The van der Waals surface area contributed by atoms with Gasteiger partial charge in [0.2, 0.25) is 0 Å². The van der Waals surface area contributed by atoms with Crippen LogP contribution in [0.3, 0.4) is 0 Å². The first-order chi connectivity index (χ1) is 11.1. The average Bonchev–Trinajstić information content (AvgIpc) is 2.91. The molecule has 24 heavy (non-hydrogen) atoms. The Hall–Kier alpha value is 0.822. The van der Waals surface area contributed by atoms with Gasteiger partial charge in [-0.1, -0.05) is 42.4 Å². The van der Waals surface area contributed by atoms with Crippen LogP contribution < -0.4 is 73.6 Å². The molecule has 2 atom stereocenters. The van der Waals surface area contributed by atoms with E-state index in [1.165, 1.54) is 12.1 Å². The van der Waals surface area contributed by atoms with E-state index in [1.807, 2.05) is 18.7 Å². The van der Waals surface area contributed by atoms with Crippen molar-refractivity contribution in [3.05, 3.63) is 65.5 Å². The minimum atomic E-state index is -0.252. The van der Waals surface area contributed by atoms with E-state index < -0.39 is 0 Å². The molecule has 0 N–H and O–H groups in total. The third-order valence-corrected chi connectivity index (χ3v) is 4.75. The van der Waals surface area contributed by atoms with Crippen molar-refractivity contribution in [2.75, 3.05) is 0 Å². The van der Waals surface area contributed by atoms with E-state index in [2.05, 4.69) is 6.92 Å². The number of ether oxygens (including phenoxy) is 2. The number of rotatable bonds is 5. The minimum absolute atomic E-state index is 0. The van der Waals surface area contributed by atoms with E-state index in [4.69, 9.17) is 21.1 Å². The number of halogens is 2. The number of hydrogen-bond acceptors (Lipinski definition) is 3. The van der Waals surface area contributed by atoms with Gasteiger partial charge in [-0.15, -0.1) is 5.92 Å². The van der Waals surface area contributed by atoms with E-state index in [0.29, 0.717) is 23.3 Å². The van der Waals surface area contributed by atoms with Gasteiger partial charge in [-0.25, -0.2) is 11.0 Å². The Balaban J connectivity index is 0.00000208. The summed E-state index contributed by atoms with van der Waals surface area (Å²) in [5.41, 5.74) is 1.02. The summed E-state index contributed by atoms with van der Waals surface area (Å²) in [5, 5.41) is 0.624. The van der Waals surface area contributed by atoms with Crippen LogP contribution in [0.15, 0.2) is 47.4 Å². The van der Waals surface area contributed by atoms with Gasteiger partial charge in [0.05, 0.1) is 5.44 Å². The van der Waals surface area contributed by atoms with Crippen molar-refractivity contribution in [1.29, 1.82) is 0 Å². The third kappa shape index (κ3) is 6.52. The van der Waals surface area contributed by atoms with Crippen LogP contribution >= 0.6 is 23.4 Å². The predicted octanol–water partition coefficient (Wildman–Crippen LogP) is 2.70. The van der Waals surface area contributed by atoms with Gasteiger partial charge in [-0.3, -0.25) is 0 Å². The molecule has 1 saturated heterocycles. The Morgan fingerprint density at radius 2 is 2.04 bits per heavy atom. The van der Waals surface area contributed by atoms with Gasteiger partial charge in [0.15, 0.2) is 0 Å². The Bertz CT molecular complexity index is 669. The first-order valence-corrected chi connectivity index (χ1v) is 8.67. The van der Waals surface area contributed by atoms with Crippen LogP contribution in [0.5, 0.6) is 5.75 Å². The second-order valence-corrected chi connectivity index (χ2v) is 7.24. The molecule has 6 heteroatoms. The van der Waals surface area contributed by atoms with Crippen molar-refractivity contribution in [2.45, 2.75) is 30.3 Å². The second kappa shape index (κ2) is 10.2. The Morgan fingerprint density at radius 1 is 1.29 bits per heavy atom. The summed E-state index contributed by atoms with van der Waals surface area (Å²) in [4.78, 5) is 1.01. The molecule has 2 nitrogen and oxygen atoms in total. The monoisotopic (exact) mass is 484 g/mol. The van der Waals surface area contributed by atoms with Gasteiger partial charge < -0.3 is 9.47 Å². The SMILES string of the molecule is C[C@H]1[CH-]OC(Sc2cc(Cl)cc(OCc3ccc(F)cc3)c2)C1.[Cs+]. The van der Waals surface area contributed by atoms with Crippen LogP contribution in [-0.2, 0) is 11.3 Å². The maximum Gasteiger partial charge on any atom is 1.00 e. The first kappa shape index (κ1) is 21.1. The molecule has 2 aromatic carbocycles. The molecule has 1 aliphatic heterocycles. The summed E-state index contributed by atoms with van der Waals surface area (Å²) in [7, 11) is 0. The molecule has 122 valence electrons. The Morgan fingerprint density at radius 3 is 2.71 bits per heavy atom. The number of hydrogen-bond donors (Lipinski definition) is 0. The summed E-state index contributed by atoms with van der Waals surface area (Å²) in [6.45, 7) is 4.39. The number of benzene rings is 2. The molecule has 0 radical (unpaired) electrons. The second-order valence-electron chi connectivity index (χ2n) is 5.57. The number of thioether (sulfide) groups is 1. The smallest absolute Gasteiger partial charge is 0.542 e. The molecule has 1 fully saturated rings. The standard InChI is InChI=1S/C18H17ClFO2S.Cs/c1-12-6-18(22-10-12)23-17-8-14(19)7-16(9-17)21-11-13-2-4-15(20)5-3-13;/h2-5,7-10,12,18H,6,11H2,1H3;/q-1;+1/t12-,18?;/m1./s1. The van der Waals surface area contributed by atoms with Crippen LogP contribution in [0.1, 0.15) is 18.9 Å². The molecule has 0 saturated carbocycles. The molecular weight excluding hydrogens is 468 g/mol. The molecular formula is C18H17ClCsFO2S. The van der Waals surface area contributed by atoms with Crippen LogP contribution in [0.25, 0.3) is 0 Å². The van der Waals surface area contributed by atoms with E-state index in [9.17, 15) is 4.39 Å². The maximum atomic E-state index is 12.9. The fraction of sp³-hybridized carbons (Fsp3) is 0.278. The van der Waals surface area contributed by atoms with Gasteiger partial charge in [-0.2, -0.15) is 0 Å². The van der Waals surface area contributed by atoms with Crippen molar-refractivity contribution >= 4 is 23.4 Å². The van der Waals surface area contributed by atoms with Crippen LogP contribution in [0.4, 0.5) is 4.39 Å². The summed E-state index contributed by atoms with van der Waals surface area (Å²) >= 11 is 7.81. The normalized spacial score (nSPS) is 19.8. The summed E-state index contributed by atoms with van der Waals surface area (Å²) in [5.74, 6) is 0.915. The zero-order valence-corrected chi connectivity index (χ0v) is 21.5. The fourth-order valence-corrected chi connectivity index (χ4v) is 3.79. The van der Waals surface area contributed by atoms with E-state index in [-0.39, 0.29) is 80.1 Å². The molecule has 0 spiro atoms. The zero-order valence-electron chi connectivity index (χ0n) is 13.7. The molecule has 1 aliphatic rings. The largest absolute Gasteiger partial charge is 1.00 e. The van der Waals surface area contributed by atoms with Crippen molar-refractivity contribution in [3.8, 4) is 5.75 Å². The first-order valence-electron chi connectivity index (χ1n) is 7.42. The molecule has 0 aliphatic carbocycles. The van der Waals surface area contributed by atoms with Crippen molar-refractivity contribution in [3.63, 3.8) is 0 Å². The summed E-state index contributed by atoms with van der Waals surface area (Å²) in [6.07, 6.45) is 0.989. The van der Waals surface area contributed by atoms with Crippen molar-refractivity contribution in [1.82, 2.24) is 0 Å². The average molecular weight is 485 g/mol. The molecule has 0 bridgehead atoms. The summed E-state index contributed by atoms with van der Waals surface area (Å²) < 4.78 is 24.3. The maximum absolute atomic E-state index is 12.9. The quantitative estimate of drug-likeness (QED) is 0.608. The Kier molecular flexibility index (Phi) is 9.01. The van der Waals surface area contributed by atoms with Crippen LogP contribution in [0.2, 0.25) is 5.02 Å². The zero-order chi connectivity index (χ0) is 16.2. The van der Waals surface area contributed by atoms with Crippen molar-refractivity contribution in [2.24, 2.45) is 5.92 Å². The van der Waals surface area contributed by atoms with E-state index in [1.54, 1.807) is 30.0 Å². The van der Waals surface area contributed by atoms with Gasteiger partial charge in [0, 0.05) is 9.92 Å². The molecule has 1 unspecified atom stereocenters. The van der Waals surface area contributed by atoms with Crippen LogP contribution in [0, 0.1) is 18.3 Å². The topological polar surface area (TPSA) is 18.5 Å². The molecule has 0 amide bonds. The van der Waals surface area contributed by atoms with Gasteiger partial charge in [-0.05, 0) is 42.3 Å². The summed E-state index contributed by atoms with van der Waals surface area (Å²) in [6, 6.07) is 11.9. The van der Waals surface area contributed by atoms with E-state index in [0.717, 1.165) is 16.9 Å².